The van der Waals surface area contributed by atoms with E-state index >= 15 is 0 Å². The van der Waals surface area contributed by atoms with Gasteiger partial charge in [0.05, 0.1) is 6.61 Å². The number of ether oxygens (including phenoxy) is 1. The van der Waals surface area contributed by atoms with Gasteiger partial charge in [0, 0.05) is 25.0 Å². The maximum absolute atomic E-state index is 12.6. The van der Waals surface area contributed by atoms with Gasteiger partial charge >= 0.3 is 0 Å². The van der Waals surface area contributed by atoms with E-state index in [4.69, 9.17) is 4.74 Å². The Kier molecular flexibility index (Phi) is 5.21. The minimum absolute atomic E-state index is 0.310. The van der Waals surface area contributed by atoms with Crippen LogP contribution >= 0.6 is 0 Å². The molecule has 1 aromatic carbocycles. The number of carbonyl (C=O) groups is 1. The SMILES string of the molecule is Cc1ccc(OCCCC(=O)N2C3CCNCC2CC3)cc1C. The highest BCUT2D eigenvalue weighted by Crippen LogP contribution is 2.28. The van der Waals surface area contributed by atoms with Gasteiger partial charge in [-0.3, -0.25) is 4.79 Å². The van der Waals surface area contributed by atoms with Crippen LogP contribution in [0.25, 0.3) is 0 Å². The van der Waals surface area contributed by atoms with E-state index in [2.05, 4.69) is 36.2 Å². The third kappa shape index (κ3) is 3.86. The van der Waals surface area contributed by atoms with Crippen molar-refractivity contribution in [2.24, 2.45) is 0 Å². The first-order valence-electron chi connectivity index (χ1n) is 8.87. The summed E-state index contributed by atoms with van der Waals surface area (Å²) in [4.78, 5) is 14.7. The fourth-order valence-electron chi connectivity index (χ4n) is 3.74. The lowest BCUT2D eigenvalue weighted by atomic mass is 10.1. The number of fused-ring (bicyclic) bond motifs is 2. The molecular weight excluding hydrogens is 288 g/mol. The second-order valence-corrected chi connectivity index (χ2v) is 6.88. The molecule has 0 radical (unpaired) electrons. The van der Waals surface area contributed by atoms with E-state index in [9.17, 15) is 4.79 Å². The van der Waals surface area contributed by atoms with Crippen molar-refractivity contribution in [3.8, 4) is 5.75 Å². The number of rotatable bonds is 5. The Morgan fingerprint density at radius 2 is 2.04 bits per heavy atom. The third-order valence-electron chi connectivity index (χ3n) is 5.22. The molecule has 3 rings (SSSR count). The van der Waals surface area contributed by atoms with E-state index in [1.807, 2.05) is 6.07 Å². The molecule has 0 saturated carbocycles. The molecule has 126 valence electrons. The fraction of sp³-hybridized carbons (Fsp3) is 0.632. The van der Waals surface area contributed by atoms with Crippen molar-refractivity contribution >= 4 is 5.91 Å². The standard InChI is InChI=1S/C19H28N2O2/c1-14-5-8-18(12-15(14)2)23-11-3-4-19(22)21-16-6-7-17(21)13-20-10-9-16/h5,8,12,16-17,20H,3-4,6-7,9-11,13H2,1-2H3. The Balaban J connectivity index is 1.45. The van der Waals surface area contributed by atoms with Crippen molar-refractivity contribution in [1.82, 2.24) is 10.2 Å². The van der Waals surface area contributed by atoms with Gasteiger partial charge in [-0.2, -0.15) is 0 Å². The van der Waals surface area contributed by atoms with Gasteiger partial charge in [0.15, 0.2) is 0 Å². The first-order valence-corrected chi connectivity index (χ1v) is 8.87. The van der Waals surface area contributed by atoms with E-state index in [0.717, 1.165) is 38.1 Å². The van der Waals surface area contributed by atoms with Crippen LogP contribution < -0.4 is 10.1 Å². The Bertz CT molecular complexity index is 544. The molecule has 2 atom stereocenters. The molecule has 1 amide bonds. The smallest absolute Gasteiger partial charge is 0.223 e. The number of nitrogens with zero attached hydrogens (tertiary/aromatic N) is 1. The van der Waals surface area contributed by atoms with Crippen LogP contribution in [0.1, 0.15) is 43.2 Å². The van der Waals surface area contributed by atoms with Crippen molar-refractivity contribution in [2.45, 2.75) is 58.0 Å². The molecule has 4 nitrogen and oxygen atoms in total. The summed E-state index contributed by atoms with van der Waals surface area (Å²) in [5.41, 5.74) is 2.52. The van der Waals surface area contributed by atoms with Crippen molar-refractivity contribution in [2.75, 3.05) is 19.7 Å². The van der Waals surface area contributed by atoms with Gasteiger partial charge in [-0.05, 0) is 69.3 Å². The Hall–Kier alpha value is -1.55. The molecule has 0 aliphatic carbocycles. The van der Waals surface area contributed by atoms with Gasteiger partial charge in [0.25, 0.3) is 0 Å². The van der Waals surface area contributed by atoms with E-state index in [0.29, 0.717) is 31.0 Å². The monoisotopic (exact) mass is 316 g/mol. The van der Waals surface area contributed by atoms with Crippen LogP contribution in [0.5, 0.6) is 5.75 Å². The molecule has 2 unspecified atom stereocenters. The van der Waals surface area contributed by atoms with Crippen LogP contribution in [0.4, 0.5) is 0 Å². The topological polar surface area (TPSA) is 41.6 Å². The van der Waals surface area contributed by atoms with Crippen molar-refractivity contribution < 1.29 is 9.53 Å². The number of hydrogen-bond acceptors (Lipinski definition) is 3. The highest BCUT2D eigenvalue weighted by atomic mass is 16.5. The lowest BCUT2D eigenvalue weighted by Crippen LogP contribution is -2.42. The van der Waals surface area contributed by atoms with Crippen molar-refractivity contribution in [3.63, 3.8) is 0 Å². The molecule has 2 aliphatic heterocycles. The number of nitrogens with one attached hydrogen (secondary N) is 1. The van der Waals surface area contributed by atoms with E-state index in [1.54, 1.807) is 0 Å². The van der Waals surface area contributed by atoms with Crippen LogP contribution in [0.2, 0.25) is 0 Å². The fourth-order valence-corrected chi connectivity index (χ4v) is 3.74. The normalized spacial score (nSPS) is 23.7. The molecule has 1 N–H and O–H groups in total. The average Bonchev–Trinajstić information content (AvgIpc) is 2.80. The second kappa shape index (κ2) is 7.35. The molecule has 2 saturated heterocycles. The first kappa shape index (κ1) is 16.3. The summed E-state index contributed by atoms with van der Waals surface area (Å²) in [5, 5.41) is 3.44. The van der Waals surface area contributed by atoms with E-state index in [-0.39, 0.29) is 0 Å². The summed E-state index contributed by atoms with van der Waals surface area (Å²) < 4.78 is 5.79. The number of carbonyl (C=O) groups excluding carboxylic acids is 1. The summed E-state index contributed by atoms with van der Waals surface area (Å²) >= 11 is 0. The predicted molar refractivity (Wildman–Crippen MR) is 91.8 cm³/mol. The van der Waals surface area contributed by atoms with Gasteiger partial charge in [0.1, 0.15) is 5.75 Å². The van der Waals surface area contributed by atoms with Gasteiger partial charge in [-0.15, -0.1) is 0 Å². The molecule has 2 bridgehead atoms. The molecule has 2 aliphatic rings. The van der Waals surface area contributed by atoms with Crippen LogP contribution in [0.3, 0.4) is 0 Å². The maximum Gasteiger partial charge on any atom is 0.223 e. The molecule has 0 aromatic heterocycles. The molecule has 1 aromatic rings. The largest absolute Gasteiger partial charge is 0.494 e. The lowest BCUT2D eigenvalue weighted by molar-refractivity contribution is -0.134. The summed E-state index contributed by atoms with van der Waals surface area (Å²) in [6.45, 7) is 6.80. The summed E-state index contributed by atoms with van der Waals surface area (Å²) in [6.07, 6.45) is 4.81. The van der Waals surface area contributed by atoms with E-state index < -0.39 is 0 Å². The first-order chi connectivity index (χ1) is 11.1. The number of hydrogen-bond donors (Lipinski definition) is 1. The Morgan fingerprint density at radius 1 is 1.22 bits per heavy atom. The molecule has 2 fully saturated rings. The van der Waals surface area contributed by atoms with Gasteiger partial charge in [0.2, 0.25) is 5.91 Å². The summed E-state index contributed by atoms with van der Waals surface area (Å²) in [6, 6.07) is 7.03. The third-order valence-corrected chi connectivity index (χ3v) is 5.22. The molecule has 0 spiro atoms. The molecule has 4 heteroatoms. The zero-order chi connectivity index (χ0) is 16.2. The minimum Gasteiger partial charge on any atom is -0.494 e. The maximum atomic E-state index is 12.6. The van der Waals surface area contributed by atoms with Crippen LogP contribution in [0, 0.1) is 13.8 Å². The van der Waals surface area contributed by atoms with Crippen LogP contribution in [-0.2, 0) is 4.79 Å². The lowest BCUT2D eigenvalue weighted by Gasteiger charge is -2.28. The van der Waals surface area contributed by atoms with E-state index in [1.165, 1.54) is 17.5 Å². The van der Waals surface area contributed by atoms with Gasteiger partial charge in [-0.25, -0.2) is 0 Å². The van der Waals surface area contributed by atoms with Gasteiger partial charge in [-0.1, -0.05) is 6.07 Å². The predicted octanol–water partition coefficient (Wildman–Crippen LogP) is 2.82. The zero-order valence-corrected chi connectivity index (χ0v) is 14.3. The van der Waals surface area contributed by atoms with Crippen molar-refractivity contribution in [3.05, 3.63) is 29.3 Å². The number of amides is 1. The quantitative estimate of drug-likeness (QED) is 0.849. The van der Waals surface area contributed by atoms with Gasteiger partial charge < -0.3 is 15.0 Å². The number of benzene rings is 1. The highest BCUT2D eigenvalue weighted by Gasteiger charge is 2.37. The molecular formula is C19H28N2O2. The molecule has 23 heavy (non-hydrogen) atoms. The second-order valence-electron chi connectivity index (χ2n) is 6.88. The number of aryl methyl sites for hydroxylation is 2. The highest BCUT2D eigenvalue weighted by molar-refractivity contribution is 5.77. The average molecular weight is 316 g/mol. The zero-order valence-electron chi connectivity index (χ0n) is 14.3. The Morgan fingerprint density at radius 3 is 2.87 bits per heavy atom. The summed E-state index contributed by atoms with van der Waals surface area (Å²) in [7, 11) is 0. The van der Waals surface area contributed by atoms with Crippen molar-refractivity contribution in [1.29, 1.82) is 0 Å². The Labute approximate surface area is 139 Å². The minimum atomic E-state index is 0.310. The van der Waals surface area contributed by atoms with Crippen LogP contribution in [0.15, 0.2) is 18.2 Å². The molecule has 2 heterocycles. The summed E-state index contributed by atoms with van der Waals surface area (Å²) in [5.74, 6) is 1.21. The van der Waals surface area contributed by atoms with Crippen LogP contribution in [-0.4, -0.2) is 42.6 Å².